The highest BCUT2D eigenvalue weighted by molar-refractivity contribution is 7.51. The average Bonchev–Trinajstić information content (AvgIpc) is 2.87. The van der Waals surface area contributed by atoms with E-state index in [0.29, 0.717) is 11.2 Å². The van der Waals surface area contributed by atoms with Gasteiger partial charge in [0, 0.05) is 6.16 Å². The molecule has 0 aliphatic rings. The minimum Gasteiger partial charge on any atom is -0.382 e. The molecule has 4 N–H and O–H groups in total. The maximum atomic E-state index is 14.2. The number of hydrogen-bond donors (Lipinski definition) is 3. The lowest BCUT2D eigenvalue weighted by Gasteiger charge is -2.17. The van der Waals surface area contributed by atoms with E-state index in [4.69, 9.17) is 15.5 Å². The predicted octanol–water partition coefficient (Wildman–Crippen LogP) is 1.78. The van der Waals surface area contributed by atoms with Crippen LogP contribution in [0.4, 0.5) is 10.2 Å². The summed E-state index contributed by atoms with van der Waals surface area (Å²) < 4.78 is 26.6. The van der Waals surface area contributed by atoms with Gasteiger partial charge in [-0.05, 0) is 19.8 Å². The number of nitrogens with zero attached hydrogens (tertiary/aromatic N) is 4. The van der Waals surface area contributed by atoms with E-state index >= 15 is 0 Å². The van der Waals surface area contributed by atoms with Crippen LogP contribution in [0.1, 0.15) is 25.8 Å². The monoisotopic (exact) mass is 329 g/mol. The second-order valence-electron chi connectivity index (χ2n) is 4.80. The smallest absolute Gasteiger partial charge is 0.325 e. The molecule has 0 spiro atoms. The van der Waals surface area contributed by atoms with Crippen molar-refractivity contribution in [2.45, 2.75) is 25.8 Å². The highest BCUT2D eigenvalue weighted by Crippen LogP contribution is 2.37. The lowest BCUT2D eigenvalue weighted by molar-refractivity contribution is 0.366. The number of nitrogens with two attached hydrogens (primary N) is 1. The first-order chi connectivity index (χ1) is 10.3. The number of imidazole rings is 1. The summed E-state index contributed by atoms with van der Waals surface area (Å²) in [5, 5.41) is 0. The first kappa shape index (κ1) is 16.5. The zero-order valence-corrected chi connectivity index (χ0v) is 12.8. The molecule has 0 radical (unpaired) electrons. The topological polar surface area (TPSA) is 127 Å². The molecule has 22 heavy (non-hydrogen) atoms. The van der Waals surface area contributed by atoms with Gasteiger partial charge in [-0.3, -0.25) is 4.57 Å². The summed E-state index contributed by atoms with van der Waals surface area (Å²) in [6.45, 7) is 1.55. The van der Waals surface area contributed by atoms with E-state index in [1.807, 2.05) is 0 Å². The standard InChI is InChI=1S/C12H17FN5O3P/c1-2-8(13)9(4-3-5-22(19,20)21)18-7-17-10-11(14)15-6-16-12(10)18/h2,6-7,9H,3-5H2,1H3,(H2,14,15,16)(H2,19,20,21)/b8-2+/t9-/m1/s1. The Morgan fingerprint density at radius 3 is 2.86 bits per heavy atom. The number of fused-ring (bicyclic) bond motifs is 1. The van der Waals surface area contributed by atoms with E-state index in [-0.39, 0.29) is 24.8 Å². The average molecular weight is 329 g/mol. The molecule has 0 unspecified atom stereocenters. The third-order valence-electron chi connectivity index (χ3n) is 3.24. The molecule has 10 heteroatoms. The summed E-state index contributed by atoms with van der Waals surface area (Å²) in [5.74, 6) is -0.235. The number of halogens is 1. The molecule has 0 bridgehead atoms. The minimum atomic E-state index is -4.11. The molecule has 0 aromatic carbocycles. The molecule has 1 atom stereocenters. The van der Waals surface area contributed by atoms with Crippen molar-refractivity contribution >= 4 is 24.6 Å². The Hall–Kier alpha value is -1.83. The van der Waals surface area contributed by atoms with Crippen LogP contribution in [0, 0.1) is 0 Å². The number of allylic oxidation sites excluding steroid dienone is 2. The molecule has 2 aromatic rings. The first-order valence-corrected chi connectivity index (χ1v) is 8.42. The van der Waals surface area contributed by atoms with Gasteiger partial charge in [0.05, 0.1) is 12.4 Å². The SMILES string of the molecule is C/C=C(/F)[C@@H](CCCP(=O)(O)O)n1cnc2c(N)ncnc21. The molecule has 8 nitrogen and oxygen atoms in total. The second kappa shape index (κ2) is 6.51. The fraction of sp³-hybridized carbons (Fsp3) is 0.417. The van der Waals surface area contributed by atoms with E-state index in [0.717, 1.165) is 0 Å². The van der Waals surface area contributed by atoms with Gasteiger partial charge < -0.3 is 20.1 Å². The van der Waals surface area contributed by atoms with Crippen molar-refractivity contribution in [3.63, 3.8) is 0 Å². The number of anilines is 1. The largest absolute Gasteiger partial charge is 0.382 e. The Morgan fingerprint density at radius 1 is 1.50 bits per heavy atom. The van der Waals surface area contributed by atoms with E-state index in [1.165, 1.54) is 23.3 Å². The van der Waals surface area contributed by atoms with E-state index < -0.39 is 19.5 Å². The van der Waals surface area contributed by atoms with Crippen LogP contribution in [0.3, 0.4) is 0 Å². The molecule has 120 valence electrons. The van der Waals surface area contributed by atoms with Crippen molar-refractivity contribution in [3.8, 4) is 0 Å². The van der Waals surface area contributed by atoms with Crippen LogP contribution < -0.4 is 5.73 Å². The zero-order chi connectivity index (χ0) is 16.3. The lowest BCUT2D eigenvalue weighted by Crippen LogP contribution is -2.11. The number of hydrogen-bond acceptors (Lipinski definition) is 5. The van der Waals surface area contributed by atoms with E-state index in [1.54, 1.807) is 6.92 Å². The van der Waals surface area contributed by atoms with Crippen LogP contribution in [0.5, 0.6) is 0 Å². The van der Waals surface area contributed by atoms with Crippen molar-refractivity contribution < 1.29 is 18.7 Å². The maximum absolute atomic E-state index is 14.2. The molecule has 2 rings (SSSR count). The third-order valence-corrected chi connectivity index (χ3v) is 4.14. The molecule has 0 fully saturated rings. The van der Waals surface area contributed by atoms with Crippen LogP contribution in [-0.4, -0.2) is 35.5 Å². The summed E-state index contributed by atoms with van der Waals surface area (Å²) in [7, 11) is -4.11. The summed E-state index contributed by atoms with van der Waals surface area (Å²) in [5.41, 5.74) is 6.44. The van der Waals surface area contributed by atoms with E-state index in [2.05, 4.69) is 15.0 Å². The van der Waals surface area contributed by atoms with E-state index in [9.17, 15) is 8.96 Å². The van der Waals surface area contributed by atoms with Crippen LogP contribution in [0.25, 0.3) is 11.2 Å². The van der Waals surface area contributed by atoms with Gasteiger partial charge in [0.15, 0.2) is 11.5 Å². The summed E-state index contributed by atoms with van der Waals surface area (Å²) in [6, 6.07) is -0.740. The Morgan fingerprint density at radius 2 is 2.23 bits per heavy atom. The molecule has 2 aromatic heterocycles. The van der Waals surface area contributed by atoms with Gasteiger partial charge >= 0.3 is 7.60 Å². The Bertz CT molecular complexity index is 741. The normalized spacial score (nSPS) is 14.5. The van der Waals surface area contributed by atoms with Crippen molar-refractivity contribution in [1.82, 2.24) is 19.5 Å². The molecular formula is C12H17FN5O3P. The lowest BCUT2D eigenvalue weighted by atomic mass is 10.1. The Balaban J connectivity index is 2.32. The van der Waals surface area contributed by atoms with Crippen molar-refractivity contribution in [1.29, 1.82) is 0 Å². The highest BCUT2D eigenvalue weighted by Gasteiger charge is 2.22. The maximum Gasteiger partial charge on any atom is 0.325 e. The molecule has 2 heterocycles. The molecule has 0 saturated heterocycles. The third kappa shape index (κ3) is 3.68. The van der Waals surface area contributed by atoms with Crippen LogP contribution >= 0.6 is 7.60 Å². The fourth-order valence-electron chi connectivity index (χ4n) is 2.19. The van der Waals surface area contributed by atoms with Gasteiger partial charge in [0.25, 0.3) is 0 Å². The van der Waals surface area contributed by atoms with Gasteiger partial charge in [0.1, 0.15) is 17.7 Å². The molecule has 0 aliphatic carbocycles. The second-order valence-corrected chi connectivity index (χ2v) is 6.58. The van der Waals surface area contributed by atoms with Crippen molar-refractivity contribution in [2.24, 2.45) is 0 Å². The summed E-state index contributed by atoms with van der Waals surface area (Å²) in [6.07, 6.45) is 4.03. The fourth-order valence-corrected chi connectivity index (χ4v) is 2.79. The predicted molar refractivity (Wildman–Crippen MR) is 79.8 cm³/mol. The van der Waals surface area contributed by atoms with Gasteiger partial charge in [0.2, 0.25) is 0 Å². The summed E-state index contributed by atoms with van der Waals surface area (Å²) in [4.78, 5) is 29.8. The minimum absolute atomic E-state index is 0.163. The van der Waals surface area contributed by atoms with Crippen LogP contribution in [-0.2, 0) is 4.57 Å². The van der Waals surface area contributed by atoms with Gasteiger partial charge in [-0.2, -0.15) is 0 Å². The number of rotatable bonds is 6. The van der Waals surface area contributed by atoms with Gasteiger partial charge in [-0.1, -0.05) is 6.08 Å². The Kier molecular flexibility index (Phi) is 4.90. The van der Waals surface area contributed by atoms with Crippen LogP contribution in [0.15, 0.2) is 24.6 Å². The Labute approximate surface area is 126 Å². The molecule has 0 saturated carbocycles. The zero-order valence-electron chi connectivity index (χ0n) is 11.9. The summed E-state index contributed by atoms with van der Waals surface area (Å²) >= 11 is 0. The van der Waals surface area contributed by atoms with Crippen LogP contribution in [0.2, 0.25) is 0 Å². The number of aromatic nitrogens is 4. The van der Waals surface area contributed by atoms with Gasteiger partial charge in [-0.25, -0.2) is 19.3 Å². The molecule has 0 aliphatic heterocycles. The van der Waals surface area contributed by atoms with Crippen molar-refractivity contribution in [2.75, 3.05) is 11.9 Å². The highest BCUT2D eigenvalue weighted by atomic mass is 31.2. The molecular weight excluding hydrogens is 312 g/mol. The first-order valence-electron chi connectivity index (χ1n) is 6.62. The van der Waals surface area contributed by atoms with Gasteiger partial charge in [-0.15, -0.1) is 0 Å². The van der Waals surface area contributed by atoms with Crippen molar-refractivity contribution in [3.05, 3.63) is 24.6 Å². The quantitative estimate of drug-likeness (QED) is 0.689. The number of nitrogen functional groups attached to an aromatic ring is 1. The molecule has 0 amide bonds.